The maximum atomic E-state index is 11.3. The van der Waals surface area contributed by atoms with Gasteiger partial charge in [-0.15, -0.1) is 0 Å². The van der Waals surface area contributed by atoms with E-state index in [9.17, 15) is 4.79 Å². The average Bonchev–Trinajstić information content (AvgIpc) is 2.16. The van der Waals surface area contributed by atoms with E-state index in [-0.39, 0.29) is 5.56 Å². The number of aromatic nitrogens is 1. The van der Waals surface area contributed by atoms with Crippen LogP contribution in [0.5, 0.6) is 0 Å². The number of hydrogen-bond donors (Lipinski definition) is 1. The van der Waals surface area contributed by atoms with Crippen LogP contribution in [0.1, 0.15) is 5.56 Å². The highest BCUT2D eigenvalue weighted by atomic mass is 35.5. The Hall–Kier alpha value is -1.54. The number of hydrogen-bond acceptors (Lipinski definition) is 1. The zero-order valence-corrected chi connectivity index (χ0v) is 9.01. The fourth-order valence-electron chi connectivity index (χ4n) is 1.56. The van der Waals surface area contributed by atoms with Gasteiger partial charge in [0.25, 0.3) is 0 Å². The van der Waals surface area contributed by atoms with Gasteiger partial charge in [-0.25, -0.2) is 0 Å². The van der Waals surface area contributed by atoms with Crippen molar-refractivity contribution in [3.8, 4) is 11.1 Å². The van der Waals surface area contributed by atoms with E-state index in [0.717, 1.165) is 16.7 Å². The van der Waals surface area contributed by atoms with Crippen LogP contribution in [0.25, 0.3) is 11.1 Å². The van der Waals surface area contributed by atoms with E-state index in [1.807, 2.05) is 31.2 Å². The van der Waals surface area contributed by atoms with Gasteiger partial charge in [-0.2, -0.15) is 0 Å². The zero-order chi connectivity index (χ0) is 10.8. The van der Waals surface area contributed by atoms with Crippen molar-refractivity contribution in [3.63, 3.8) is 0 Å². The Morgan fingerprint density at radius 1 is 1.20 bits per heavy atom. The smallest absolute Gasteiger partial charge is 0.249 e. The summed E-state index contributed by atoms with van der Waals surface area (Å²) in [6.07, 6.45) is 0. The molecule has 0 aliphatic rings. The molecule has 0 spiro atoms. The quantitative estimate of drug-likeness (QED) is 0.735. The predicted molar refractivity (Wildman–Crippen MR) is 62.2 cm³/mol. The van der Waals surface area contributed by atoms with Crippen LogP contribution in [0.2, 0.25) is 5.15 Å². The molecule has 2 aromatic rings. The van der Waals surface area contributed by atoms with Crippen molar-refractivity contribution >= 4 is 11.6 Å². The van der Waals surface area contributed by atoms with Crippen LogP contribution >= 0.6 is 11.6 Å². The maximum Gasteiger partial charge on any atom is 0.249 e. The molecule has 1 aromatic carbocycles. The summed E-state index contributed by atoms with van der Waals surface area (Å²) in [7, 11) is 0. The predicted octanol–water partition coefficient (Wildman–Crippen LogP) is 3.00. The van der Waals surface area contributed by atoms with Crippen LogP contribution in [0.15, 0.2) is 41.2 Å². The van der Waals surface area contributed by atoms with Gasteiger partial charge in [-0.05, 0) is 29.7 Å². The Bertz CT molecular complexity index is 545. The summed E-state index contributed by atoms with van der Waals surface area (Å²) in [5.74, 6) is 0. The summed E-state index contributed by atoms with van der Waals surface area (Å²) >= 11 is 5.80. The largest absolute Gasteiger partial charge is 0.313 e. The molecule has 3 heteroatoms. The lowest BCUT2D eigenvalue weighted by molar-refractivity contribution is 1.24. The van der Waals surface area contributed by atoms with Gasteiger partial charge in [0, 0.05) is 6.07 Å². The fraction of sp³-hybridized carbons (Fsp3) is 0.0833. The van der Waals surface area contributed by atoms with E-state index in [0.29, 0.717) is 5.15 Å². The van der Waals surface area contributed by atoms with Crippen molar-refractivity contribution in [2.75, 3.05) is 0 Å². The number of H-pyrrole nitrogens is 1. The second-order valence-corrected chi connectivity index (χ2v) is 3.80. The Morgan fingerprint density at radius 3 is 2.60 bits per heavy atom. The van der Waals surface area contributed by atoms with Crippen LogP contribution < -0.4 is 5.56 Å². The van der Waals surface area contributed by atoms with Gasteiger partial charge >= 0.3 is 0 Å². The van der Waals surface area contributed by atoms with Gasteiger partial charge in [-0.3, -0.25) is 4.79 Å². The van der Waals surface area contributed by atoms with E-state index in [4.69, 9.17) is 11.6 Å². The molecule has 0 aliphatic heterocycles. The molecular formula is C12H10ClNO. The Balaban J connectivity index is 2.64. The molecule has 0 fully saturated rings. The fourth-order valence-corrected chi connectivity index (χ4v) is 1.77. The monoisotopic (exact) mass is 219 g/mol. The molecule has 0 unspecified atom stereocenters. The number of benzene rings is 1. The molecule has 0 amide bonds. The van der Waals surface area contributed by atoms with Crippen molar-refractivity contribution < 1.29 is 0 Å². The molecule has 1 aromatic heterocycles. The third-order valence-corrected chi connectivity index (χ3v) is 2.47. The molecule has 0 bridgehead atoms. The van der Waals surface area contributed by atoms with Crippen molar-refractivity contribution in [3.05, 3.63) is 57.5 Å². The van der Waals surface area contributed by atoms with E-state index in [2.05, 4.69) is 4.98 Å². The van der Waals surface area contributed by atoms with Crippen LogP contribution in [0, 0.1) is 6.92 Å². The van der Waals surface area contributed by atoms with Crippen LogP contribution in [0.3, 0.4) is 0 Å². The summed E-state index contributed by atoms with van der Waals surface area (Å²) in [4.78, 5) is 13.8. The molecule has 0 saturated carbocycles. The minimum Gasteiger partial charge on any atom is -0.313 e. The van der Waals surface area contributed by atoms with Crippen molar-refractivity contribution in [1.82, 2.24) is 4.98 Å². The van der Waals surface area contributed by atoms with Crippen LogP contribution in [0.4, 0.5) is 0 Å². The molecule has 76 valence electrons. The number of nitrogens with one attached hydrogen (secondary N) is 1. The number of aromatic amines is 1. The number of pyridine rings is 1. The summed E-state index contributed by atoms with van der Waals surface area (Å²) in [5.41, 5.74) is 2.83. The number of halogens is 1. The molecular weight excluding hydrogens is 210 g/mol. The molecule has 1 heterocycles. The minimum atomic E-state index is -0.180. The highest BCUT2D eigenvalue weighted by Gasteiger charge is 2.02. The van der Waals surface area contributed by atoms with E-state index < -0.39 is 0 Å². The van der Waals surface area contributed by atoms with Crippen LogP contribution in [-0.2, 0) is 0 Å². The lowest BCUT2D eigenvalue weighted by Crippen LogP contribution is -2.04. The van der Waals surface area contributed by atoms with Gasteiger partial charge in [0.2, 0.25) is 5.56 Å². The molecule has 0 saturated heterocycles. The van der Waals surface area contributed by atoms with Crippen molar-refractivity contribution in [2.24, 2.45) is 0 Å². The molecule has 0 aliphatic carbocycles. The summed E-state index contributed by atoms with van der Waals surface area (Å²) in [6, 6.07) is 11.2. The van der Waals surface area contributed by atoms with Crippen molar-refractivity contribution in [1.29, 1.82) is 0 Å². The number of rotatable bonds is 1. The first-order valence-electron chi connectivity index (χ1n) is 4.63. The Kier molecular flexibility index (Phi) is 2.60. The molecule has 0 atom stereocenters. The Morgan fingerprint density at radius 2 is 1.93 bits per heavy atom. The summed E-state index contributed by atoms with van der Waals surface area (Å²) < 4.78 is 0. The average molecular weight is 220 g/mol. The number of aryl methyl sites for hydroxylation is 1. The molecule has 1 N–H and O–H groups in total. The molecule has 15 heavy (non-hydrogen) atoms. The third kappa shape index (κ3) is 2.10. The molecule has 0 radical (unpaired) electrons. The first-order valence-corrected chi connectivity index (χ1v) is 5.00. The summed E-state index contributed by atoms with van der Waals surface area (Å²) in [6.45, 7) is 2.00. The maximum absolute atomic E-state index is 11.3. The van der Waals surface area contributed by atoms with Crippen LogP contribution in [-0.4, -0.2) is 4.98 Å². The first-order chi connectivity index (χ1) is 7.16. The second kappa shape index (κ2) is 3.91. The van der Waals surface area contributed by atoms with E-state index in [1.54, 1.807) is 12.1 Å². The van der Waals surface area contributed by atoms with E-state index >= 15 is 0 Å². The third-order valence-electron chi connectivity index (χ3n) is 2.27. The lowest BCUT2D eigenvalue weighted by atomic mass is 10.0. The van der Waals surface area contributed by atoms with Gasteiger partial charge < -0.3 is 4.98 Å². The van der Waals surface area contributed by atoms with Crippen molar-refractivity contribution in [2.45, 2.75) is 6.92 Å². The van der Waals surface area contributed by atoms with Gasteiger partial charge in [0.05, 0.1) is 0 Å². The summed E-state index contributed by atoms with van der Waals surface area (Å²) in [5, 5.41) is 0.362. The normalized spacial score (nSPS) is 10.3. The topological polar surface area (TPSA) is 32.9 Å². The lowest BCUT2D eigenvalue weighted by Gasteiger charge is -2.05. The second-order valence-electron chi connectivity index (χ2n) is 3.40. The SMILES string of the molecule is Cc1ccccc1-c1cc(Cl)[nH]c(=O)c1. The first kappa shape index (κ1) is 9.99. The van der Waals surface area contributed by atoms with Gasteiger partial charge in [0.1, 0.15) is 5.15 Å². The highest BCUT2D eigenvalue weighted by Crippen LogP contribution is 2.22. The van der Waals surface area contributed by atoms with E-state index in [1.165, 1.54) is 0 Å². The Labute approximate surface area is 92.5 Å². The molecule has 2 nitrogen and oxygen atoms in total. The van der Waals surface area contributed by atoms with Gasteiger partial charge in [0.15, 0.2) is 0 Å². The highest BCUT2D eigenvalue weighted by molar-refractivity contribution is 6.29. The molecule has 2 rings (SSSR count). The zero-order valence-electron chi connectivity index (χ0n) is 8.25. The standard InChI is InChI=1S/C12H10ClNO/c1-8-4-2-3-5-10(8)9-6-11(13)14-12(15)7-9/h2-7H,1H3,(H,14,15). The minimum absolute atomic E-state index is 0.180. The van der Waals surface area contributed by atoms with Gasteiger partial charge in [-0.1, -0.05) is 35.9 Å².